The zero-order chi connectivity index (χ0) is 23.6. The van der Waals surface area contributed by atoms with Gasteiger partial charge in [0.05, 0.1) is 16.6 Å². The van der Waals surface area contributed by atoms with Crippen LogP contribution in [0.2, 0.25) is 0 Å². The van der Waals surface area contributed by atoms with E-state index in [2.05, 4.69) is 0 Å². The number of benzene rings is 3. The van der Waals surface area contributed by atoms with E-state index in [4.69, 9.17) is 4.42 Å². The number of fused-ring (bicyclic) bond motifs is 5. The number of carbonyl (C=O) groups is 2. The van der Waals surface area contributed by atoms with Gasteiger partial charge in [0.25, 0.3) is 11.8 Å². The van der Waals surface area contributed by atoms with Gasteiger partial charge >= 0.3 is 0 Å². The highest BCUT2D eigenvalue weighted by atomic mass is 19.1. The summed E-state index contributed by atoms with van der Waals surface area (Å²) >= 11 is 0. The molecule has 0 aliphatic carbocycles. The lowest BCUT2D eigenvalue weighted by Crippen LogP contribution is -2.53. The largest absolute Gasteiger partial charge is 0.450 e. The third kappa shape index (κ3) is 2.46. The van der Waals surface area contributed by atoms with Crippen molar-refractivity contribution in [1.29, 1.82) is 0 Å². The number of para-hydroxylation sites is 1. The first-order valence-electron chi connectivity index (χ1n) is 11.0. The fourth-order valence-corrected chi connectivity index (χ4v) is 5.26. The lowest BCUT2D eigenvalue weighted by Gasteiger charge is -2.34. The van der Waals surface area contributed by atoms with E-state index in [9.17, 15) is 18.8 Å². The third-order valence-corrected chi connectivity index (χ3v) is 6.70. The van der Waals surface area contributed by atoms with E-state index in [-0.39, 0.29) is 28.8 Å². The molecule has 7 heteroatoms. The quantitative estimate of drug-likeness (QED) is 0.465. The highest BCUT2D eigenvalue weighted by Gasteiger charge is 2.64. The number of hydrogen-bond donors (Lipinski definition) is 0. The average Bonchev–Trinajstić information content (AvgIpc) is 3.25. The predicted molar refractivity (Wildman–Crippen MR) is 124 cm³/mol. The number of hydrogen-bond acceptors (Lipinski definition) is 4. The van der Waals surface area contributed by atoms with E-state index in [1.54, 1.807) is 23.1 Å². The normalized spacial score (nSPS) is 18.8. The minimum Gasteiger partial charge on any atom is -0.450 e. The molecular formula is C27H19FN2O4. The molecule has 0 N–H and O–H groups in total. The Kier molecular flexibility index (Phi) is 4.26. The molecule has 0 fully saturated rings. The molecule has 3 aromatic carbocycles. The van der Waals surface area contributed by atoms with Crippen LogP contribution in [0.1, 0.15) is 34.2 Å². The van der Waals surface area contributed by atoms with Gasteiger partial charge in [0.2, 0.25) is 5.76 Å². The molecule has 1 unspecified atom stereocenters. The molecule has 6 rings (SSSR count). The molecule has 1 aromatic heterocycles. The Hall–Kier alpha value is -4.26. The van der Waals surface area contributed by atoms with Crippen LogP contribution in [-0.4, -0.2) is 23.3 Å². The van der Waals surface area contributed by atoms with Gasteiger partial charge in [-0.05, 0) is 36.8 Å². The maximum Gasteiger partial charge on any atom is 0.291 e. The van der Waals surface area contributed by atoms with Crippen molar-refractivity contribution in [3.8, 4) is 0 Å². The van der Waals surface area contributed by atoms with Crippen LogP contribution in [0.4, 0.5) is 10.1 Å². The fourth-order valence-electron chi connectivity index (χ4n) is 5.26. The van der Waals surface area contributed by atoms with Crippen molar-refractivity contribution in [2.75, 3.05) is 11.4 Å². The summed E-state index contributed by atoms with van der Waals surface area (Å²) in [4.78, 5) is 44.8. The molecule has 2 aliphatic rings. The standard InChI is InChI=1S/C27H19FN2O4/c1-2-29-20-11-7-6-10-19(20)27(26(29)33)22-23(31)18-14-17(28)12-13-21(18)34-24(22)25(32)30(27)15-16-8-4-3-5-9-16/h3-14H,2,15H2,1H3. The average molecular weight is 454 g/mol. The Bertz CT molecular complexity index is 1560. The molecule has 1 atom stereocenters. The summed E-state index contributed by atoms with van der Waals surface area (Å²) in [5.74, 6) is -1.74. The van der Waals surface area contributed by atoms with Crippen molar-refractivity contribution in [1.82, 2.24) is 4.90 Å². The Labute approximate surface area is 193 Å². The van der Waals surface area contributed by atoms with Crippen molar-refractivity contribution in [2.45, 2.75) is 19.0 Å². The van der Waals surface area contributed by atoms with Crippen LogP contribution in [0.5, 0.6) is 0 Å². The molecule has 0 saturated carbocycles. The molecule has 6 nitrogen and oxygen atoms in total. The van der Waals surface area contributed by atoms with Gasteiger partial charge in [0.1, 0.15) is 11.4 Å². The maximum atomic E-state index is 14.2. The number of nitrogens with zero attached hydrogens (tertiary/aromatic N) is 2. The Balaban J connectivity index is 1.73. The summed E-state index contributed by atoms with van der Waals surface area (Å²) in [5.41, 5.74) is -0.274. The number of anilines is 1. The van der Waals surface area contributed by atoms with Gasteiger partial charge in [-0.3, -0.25) is 14.4 Å². The summed E-state index contributed by atoms with van der Waals surface area (Å²) < 4.78 is 20.0. The fraction of sp³-hybridized carbons (Fsp3) is 0.148. The van der Waals surface area contributed by atoms with E-state index in [0.29, 0.717) is 17.8 Å². The summed E-state index contributed by atoms with van der Waals surface area (Å²) in [5, 5.41) is -0.00674. The van der Waals surface area contributed by atoms with Crippen molar-refractivity contribution >= 4 is 28.5 Å². The number of rotatable bonds is 3. The van der Waals surface area contributed by atoms with Gasteiger partial charge in [-0.15, -0.1) is 0 Å². The molecule has 0 radical (unpaired) electrons. The minimum atomic E-state index is -1.70. The van der Waals surface area contributed by atoms with Crippen LogP contribution in [0.15, 0.2) is 82.0 Å². The third-order valence-electron chi connectivity index (χ3n) is 6.70. The van der Waals surface area contributed by atoms with Crippen LogP contribution in [0, 0.1) is 5.82 Å². The topological polar surface area (TPSA) is 70.8 Å². The van der Waals surface area contributed by atoms with Crippen LogP contribution in [0.3, 0.4) is 0 Å². The van der Waals surface area contributed by atoms with Crippen LogP contribution < -0.4 is 10.3 Å². The predicted octanol–water partition coefficient (Wildman–Crippen LogP) is 4.20. The van der Waals surface area contributed by atoms with Crippen LogP contribution >= 0.6 is 0 Å². The van der Waals surface area contributed by atoms with Crippen molar-refractivity contribution in [2.24, 2.45) is 0 Å². The first kappa shape index (κ1) is 20.4. The summed E-state index contributed by atoms with van der Waals surface area (Å²) in [6.07, 6.45) is 0. The first-order valence-corrected chi connectivity index (χ1v) is 11.0. The van der Waals surface area contributed by atoms with E-state index in [1.165, 1.54) is 17.0 Å². The summed E-state index contributed by atoms with van der Waals surface area (Å²) in [6, 6.07) is 20.0. The zero-order valence-corrected chi connectivity index (χ0v) is 18.2. The number of carbonyl (C=O) groups excluding carboxylic acids is 2. The van der Waals surface area contributed by atoms with E-state index in [0.717, 1.165) is 11.6 Å². The van der Waals surface area contributed by atoms with Crippen molar-refractivity contribution in [3.63, 3.8) is 0 Å². The second-order valence-electron chi connectivity index (χ2n) is 8.43. The van der Waals surface area contributed by atoms with Gasteiger partial charge in [-0.25, -0.2) is 4.39 Å². The van der Waals surface area contributed by atoms with Crippen LogP contribution in [-0.2, 0) is 16.9 Å². The second kappa shape index (κ2) is 7.12. The second-order valence-corrected chi connectivity index (χ2v) is 8.43. The number of halogens is 1. The van der Waals surface area contributed by atoms with Gasteiger partial charge in [0.15, 0.2) is 11.0 Å². The molecule has 2 aliphatic heterocycles. The van der Waals surface area contributed by atoms with Gasteiger partial charge in [0, 0.05) is 18.7 Å². The molecule has 2 amide bonds. The molecule has 0 bridgehead atoms. The zero-order valence-electron chi connectivity index (χ0n) is 18.2. The Morgan fingerprint density at radius 1 is 0.941 bits per heavy atom. The lowest BCUT2D eigenvalue weighted by molar-refractivity contribution is -0.126. The van der Waals surface area contributed by atoms with Gasteiger partial charge in [-0.2, -0.15) is 0 Å². The molecule has 34 heavy (non-hydrogen) atoms. The highest BCUT2D eigenvalue weighted by Crippen LogP contribution is 2.52. The molecule has 0 saturated heterocycles. The first-order chi connectivity index (χ1) is 16.5. The highest BCUT2D eigenvalue weighted by molar-refractivity contribution is 6.17. The van der Waals surface area contributed by atoms with E-state index in [1.807, 2.05) is 43.3 Å². The number of amides is 2. The SMILES string of the molecule is CCN1C(=O)C2(c3ccccc31)c1c(oc3ccc(F)cc3c1=O)C(=O)N2Cc1ccccc1. The van der Waals surface area contributed by atoms with E-state index >= 15 is 0 Å². The molecule has 3 heterocycles. The molecule has 168 valence electrons. The Morgan fingerprint density at radius 3 is 2.44 bits per heavy atom. The smallest absolute Gasteiger partial charge is 0.291 e. The Morgan fingerprint density at radius 2 is 1.68 bits per heavy atom. The molecule has 1 spiro atoms. The number of likely N-dealkylation sites (N-methyl/N-ethyl adjacent to an activating group) is 1. The summed E-state index contributed by atoms with van der Waals surface area (Å²) in [7, 11) is 0. The van der Waals surface area contributed by atoms with E-state index < -0.39 is 28.6 Å². The molecule has 4 aromatic rings. The van der Waals surface area contributed by atoms with Crippen LogP contribution in [0.25, 0.3) is 11.0 Å². The lowest BCUT2D eigenvalue weighted by atomic mass is 9.83. The van der Waals surface area contributed by atoms with Gasteiger partial charge < -0.3 is 14.2 Å². The monoisotopic (exact) mass is 454 g/mol. The van der Waals surface area contributed by atoms with Crippen molar-refractivity contribution < 1.29 is 18.4 Å². The van der Waals surface area contributed by atoms with Crippen molar-refractivity contribution in [3.05, 3.63) is 111 Å². The minimum absolute atomic E-state index is 0.00674. The molecular weight excluding hydrogens is 435 g/mol. The maximum absolute atomic E-state index is 14.2. The summed E-state index contributed by atoms with van der Waals surface area (Å²) in [6.45, 7) is 2.28. The van der Waals surface area contributed by atoms with Gasteiger partial charge in [-0.1, -0.05) is 48.5 Å².